The lowest BCUT2D eigenvalue weighted by Crippen LogP contribution is -2.33. The lowest BCUT2D eigenvalue weighted by atomic mass is 9.86. The van der Waals surface area contributed by atoms with E-state index in [1.165, 1.54) is 0 Å². The number of esters is 1. The van der Waals surface area contributed by atoms with E-state index < -0.39 is 22.5 Å². The van der Waals surface area contributed by atoms with Gasteiger partial charge in [0.05, 0.1) is 23.4 Å². The molecule has 3 N–H and O–H groups in total. The number of carbonyl (C=O) groups excluding carboxylic acids is 2. The quantitative estimate of drug-likeness (QED) is 0.107. The van der Waals surface area contributed by atoms with Crippen molar-refractivity contribution in [3.63, 3.8) is 0 Å². The zero-order valence-electron chi connectivity index (χ0n) is 30.2. The molecule has 2 unspecified atom stereocenters. The lowest BCUT2D eigenvalue weighted by molar-refractivity contribution is -0.143. The second-order valence-electron chi connectivity index (χ2n) is 14.3. The molecular weight excluding hydrogens is 655 g/mol. The number of aryl methyl sites for hydroxylation is 3. The normalized spacial score (nSPS) is 17.4. The molecule has 0 spiro atoms. The highest BCUT2D eigenvalue weighted by molar-refractivity contribution is 8.22. The number of hydrogen-bond acceptors (Lipinski definition) is 9. The molecule has 3 aromatic carbocycles. The predicted octanol–water partition coefficient (Wildman–Crippen LogP) is 7.54. The number of nitrogens with one attached hydrogen (secondary N) is 1. The molecule has 1 aliphatic heterocycles. The molecule has 0 saturated heterocycles. The first kappa shape index (κ1) is 37.3. The second-order valence-corrected chi connectivity index (χ2v) is 16.3. The van der Waals surface area contributed by atoms with Gasteiger partial charge in [0.15, 0.2) is 0 Å². The largest absolute Gasteiger partial charge is 0.466 e. The molecule has 0 aliphatic carbocycles. The molecule has 11 nitrogen and oxygen atoms in total. The number of nitrogens with zero attached hydrogens (tertiary/aromatic N) is 4. The maximum Gasteiger partial charge on any atom is 0.407 e. The Morgan fingerprint density at radius 2 is 1.82 bits per heavy atom. The van der Waals surface area contributed by atoms with Crippen molar-refractivity contribution in [3.05, 3.63) is 88.0 Å². The number of fused-ring (bicyclic) bond motifs is 2. The Bertz CT molecular complexity index is 1830. The Balaban J connectivity index is 1.36. The lowest BCUT2D eigenvalue weighted by Gasteiger charge is -2.43. The van der Waals surface area contributed by atoms with Gasteiger partial charge >= 0.3 is 12.1 Å². The summed E-state index contributed by atoms with van der Waals surface area (Å²) < 4.78 is 37.9. The minimum Gasteiger partial charge on any atom is -0.466 e. The number of benzene rings is 3. The Labute approximate surface area is 296 Å². The number of alkyl carbamates (subject to hydrolysis) is 1. The van der Waals surface area contributed by atoms with Gasteiger partial charge in [-0.3, -0.25) is 13.9 Å². The second kappa shape index (κ2) is 15.5. The van der Waals surface area contributed by atoms with Crippen LogP contribution < -0.4 is 5.32 Å². The number of ether oxygens (including phenoxy) is 2. The molecule has 50 heavy (non-hydrogen) atoms. The molecule has 1 aliphatic rings. The van der Waals surface area contributed by atoms with Crippen LogP contribution in [0.15, 0.2) is 59.5 Å². The summed E-state index contributed by atoms with van der Waals surface area (Å²) in [7, 11) is -1.46. The van der Waals surface area contributed by atoms with E-state index in [4.69, 9.17) is 9.47 Å². The first-order valence-corrected chi connectivity index (χ1v) is 18.8. The third kappa shape index (κ3) is 9.03. The number of amides is 1. The Hall–Kier alpha value is -3.97. The van der Waals surface area contributed by atoms with E-state index in [9.17, 15) is 18.7 Å². The van der Waals surface area contributed by atoms with Crippen molar-refractivity contribution in [2.75, 3.05) is 19.7 Å². The highest BCUT2D eigenvalue weighted by Crippen LogP contribution is 2.56. The van der Waals surface area contributed by atoms with Crippen molar-refractivity contribution in [2.24, 2.45) is 13.0 Å². The van der Waals surface area contributed by atoms with Crippen LogP contribution in [-0.4, -0.2) is 65.8 Å². The molecule has 5 rings (SSSR count). The molecule has 0 saturated carbocycles. The standard InChI is InChI=1S/C38H51N5O6S/c1-8-48-36(44)22-32(29-14-15-34-33(21-29)40-41-42(34)7)28-13-11-26(3)31(20-28)24-43-23-25(2)18-30-19-27(12-16-35(30)50(43,46)47)10-9-17-39-37(45)49-38(4,5)6/h11-16,19-21,25,32,46-47H,8-10,17-18,22-24H2,1-7H3,(H,39,45). The average Bonchev–Trinajstić information content (AvgIpc) is 3.37. The van der Waals surface area contributed by atoms with Gasteiger partial charge in [0.25, 0.3) is 0 Å². The molecule has 0 bridgehead atoms. The van der Waals surface area contributed by atoms with Crippen LogP contribution >= 0.6 is 10.8 Å². The summed E-state index contributed by atoms with van der Waals surface area (Å²) in [5, 5.41) is 11.2. The number of aromatic nitrogens is 3. The summed E-state index contributed by atoms with van der Waals surface area (Å²) in [4.78, 5) is 25.4. The van der Waals surface area contributed by atoms with Gasteiger partial charge in [-0.25, -0.2) is 9.48 Å². The highest BCUT2D eigenvalue weighted by atomic mass is 32.3. The Morgan fingerprint density at radius 1 is 1.08 bits per heavy atom. The van der Waals surface area contributed by atoms with Gasteiger partial charge in [0.1, 0.15) is 11.1 Å². The molecule has 12 heteroatoms. The van der Waals surface area contributed by atoms with E-state index in [1.807, 2.05) is 81.5 Å². The van der Waals surface area contributed by atoms with Crippen LogP contribution in [0.2, 0.25) is 0 Å². The first-order chi connectivity index (χ1) is 23.6. The Morgan fingerprint density at radius 3 is 2.56 bits per heavy atom. The van der Waals surface area contributed by atoms with Crippen LogP contribution in [0.1, 0.15) is 86.8 Å². The van der Waals surface area contributed by atoms with Crippen molar-refractivity contribution in [1.82, 2.24) is 24.6 Å². The van der Waals surface area contributed by atoms with Crippen LogP contribution in [0.3, 0.4) is 0 Å². The molecule has 1 aromatic heterocycles. The third-order valence-corrected chi connectivity index (χ3v) is 11.0. The molecule has 2 atom stereocenters. The van der Waals surface area contributed by atoms with Gasteiger partial charge in [0.2, 0.25) is 0 Å². The minimum absolute atomic E-state index is 0.158. The van der Waals surface area contributed by atoms with Crippen molar-refractivity contribution in [2.45, 2.75) is 90.2 Å². The fourth-order valence-corrected chi connectivity index (χ4v) is 8.36. The van der Waals surface area contributed by atoms with Crippen molar-refractivity contribution < 1.29 is 28.2 Å². The summed E-state index contributed by atoms with van der Waals surface area (Å²) in [5.41, 5.74) is 6.98. The van der Waals surface area contributed by atoms with Gasteiger partial charge in [-0.2, -0.15) is 4.31 Å². The monoisotopic (exact) mass is 705 g/mol. The zero-order chi connectivity index (χ0) is 36.2. The van der Waals surface area contributed by atoms with Crippen molar-refractivity contribution >= 4 is 33.9 Å². The van der Waals surface area contributed by atoms with E-state index in [-0.39, 0.29) is 24.2 Å². The smallest absolute Gasteiger partial charge is 0.407 e. The topological polar surface area (TPSA) is 139 Å². The van der Waals surface area contributed by atoms with E-state index in [1.54, 1.807) is 11.6 Å². The van der Waals surface area contributed by atoms with Crippen LogP contribution in [0, 0.1) is 12.8 Å². The van der Waals surface area contributed by atoms with Crippen LogP contribution in [0.25, 0.3) is 11.0 Å². The molecule has 0 fully saturated rings. The summed E-state index contributed by atoms with van der Waals surface area (Å²) in [5.74, 6) is -0.406. The van der Waals surface area contributed by atoms with Crippen LogP contribution in [-0.2, 0) is 40.7 Å². The first-order valence-electron chi connectivity index (χ1n) is 17.3. The predicted molar refractivity (Wildman–Crippen MR) is 196 cm³/mol. The average molecular weight is 706 g/mol. The number of carbonyl (C=O) groups is 2. The van der Waals surface area contributed by atoms with Crippen LogP contribution in [0.5, 0.6) is 0 Å². The maximum absolute atomic E-state index is 12.8. The van der Waals surface area contributed by atoms with E-state index in [0.29, 0.717) is 31.1 Å². The summed E-state index contributed by atoms with van der Waals surface area (Å²) in [6, 6.07) is 18.0. The van der Waals surface area contributed by atoms with Gasteiger partial charge < -0.3 is 14.8 Å². The molecule has 1 amide bonds. The molecule has 4 aromatic rings. The number of rotatable bonds is 11. The summed E-state index contributed by atoms with van der Waals surface area (Å²) in [6.45, 7) is 13.1. The SMILES string of the molecule is CCOC(=O)CC(c1ccc(C)c(CN2CC(C)Cc3cc(CCCNC(=O)OC(C)(C)C)ccc3S2(O)O)c1)c1ccc2c(c1)nnn2C. The fraction of sp³-hybridized carbons (Fsp3) is 0.474. The highest BCUT2D eigenvalue weighted by Gasteiger charge is 2.33. The minimum atomic E-state index is -3.30. The Kier molecular flexibility index (Phi) is 11.6. The van der Waals surface area contributed by atoms with Crippen molar-refractivity contribution in [1.29, 1.82) is 0 Å². The van der Waals surface area contributed by atoms with Crippen molar-refractivity contribution in [3.8, 4) is 0 Å². The third-order valence-electron chi connectivity index (χ3n) is 9.01. The molecular formula is C38H51N5O6S. The summed E-state index contributed by atoms with van der Waals surface area (Å²) in [6.07, 6.45) is 1.92. The van der Waals surface area contributed by atoms with Gasteiger partial charge in [-0.1, -0.05) is 48.5 Å². The zero-order valence-corrected chi connectivity index (χ0v) is 31.0. The van der Waals surface area contributed by atoms with Crippen LogP contribution in [0.4, 0.5) is 4.79 Å². The van der Waals surface area contributed by atoms with Gasteiger partial charge in [-0.05, 0) is 111 Å². The molecule has 0 radical (unpaired) electrons. The van der Waals surface area contributed by atoms with Gasteiger partial charge in [-0.15, -0.1) is 15.9 Å². The number of hydrogen-bond donors (Lipinski definition) is 3. The van der Waals surface area contributed by atoms with E-state index in [0.717, 1.165) is 63.7 Å². The summed E-state index contributed by atoms with van der Waals surface area (Å²) >= 11 is 0. The van der Waals surface area contributed by atoms with E-state index in [2.05, 4.69) is 34.7 Å². The van der Waals surface area contributed by atoms with Gasteiger partial charge in [0, 0.05) is 32.6 Å². The molecule has 270 valence electrons. The molecule has 2 heterocycles. The van der Waals surface area contributed by atoms with E-state index >= 15 is 0 Å². The maximum atomic E-state index is 12.8. The fourth-order valence-electron chi connectivity index (χ4n) is 6.55.